The van der Waals surface area contributed by atoms with E-state index in [0.717, 1.165) is 11.6 Å². The van der Waals surface area contributed by atoms with Gasteiger partial charge in [0.25, 0.3) is 0 Å². The smallest absolute Gasteiger partial charge is 0.159 e. The maximum Gasteiger partial charge on any atom is 0.159 e. The van der Waals surface area contributed by atoms with E-state index in [4.69, 9.17) is 11.1 Å². The summed E-state index contributed by atoms with van der Waals surface area (Å²) in [7, 11) is 0. The van der Waals surface area contributed by atoms with Crippen LogP contribution in [0.2, 0.25) is 0 Å². The van der Waals surface area contributed by atoms with Gasteiger partial charge in [0.1, 0.15) is 5.84 Å². The van der Waals surface area contributed by atoms with Crippen LogP contribution < -0.4 is 5.73 Å². The van der Waals surface area contributed by atoms with E-state index in [1.54, 1.807) is 6.07 Å². The van der Waals surface area contributed by atoms with Crippen LogP contribution in [0.25, 0.3) is 0 Å². The van der Waals surface area contributed by atoms with Crippen LogP contribution >= 0.6 is 11.8 Å². The zero-order chi connectivity index (χ0) is 13.8. The second kappa shape index (κ2) is 5.84. The van der Waals surface area contributed by atoms with Crippen LogP contribution in [0, 0.1) is 17.0 Å². The molecule has 0 heterocycles. The fraction of sp³-hybridized carbons (Fsp3) is 0.0714. The molecule has 0 atom stereocenters. The molecule has 0 fully saturated rings. The highest BCUT2D eigenvalue weighted by atomic mass is 32.2. The SMILES string of the molecule is N=C(N)c1cccc(CSc2ccc(F)c(F)c2)c1. The topological polar surface area (TPSA) is 49.9 Å². The van der Waals surface area contributed by atoms with Gasteiger partial charge < -0.3 is 5.73 Å². The van der Waals surface area contributed by atoms with Gasteiger partial charge in [-0.2, -0.15) is 0 Å². The van der Waals surface area contributed by atoms with Crippen molar-refractivity contribution in [3.8, 4) is 0 Å². The second-order valence-electron chi connectivity index (χ2n) is 3.98. The molecule has 98 valence electrons. The van der Waals surface area contributed by atoms with Crippen molar-refractivity contribution in [2.45, 2.75) is 10.6 Å². The standard InChI is InChI=1S/C14H12F2N2S/c15-12-5-4-11(7-13(12)16)19-8-9-2-1-3-10(6-9)14(17)18/h1-7H,8H2,(H3,17,18). The Morgan fingerprint density at radius 3 is 2.58 bits per heavy atom. The third kappa shape index (κ3) is 3.54. The summed E-state index contributed by atoms with van der Waals surface area (Å²) >= 11 is 1.40. The first-order valence-electron chi connectivity index (χ1n) is 5.57. The summed E-state index contributed by atoms with van der Waals surface area (Å²) in [5.74, 6) is -1.07. The molecule has 0 bridgehead atoms. The van der Waals surface area contributed by atoms with Crippen LogP contribution in [-0.2, 0) is 5.75 Å². The van der Waals surface area contributed by atoms with E-state index in [2.05, 4.69) is 0 Å². The Hall–Kier alpha value is -1.88. The van der Waals surface area contributed by atoms with E-state index in [9.17, 15) is 8.78 Å². The fourth-order valence-corrected chi connectivity index (χ4v) is 2.43. The minimum absolute atomic E-state index is 0.0136. The largest absolute Gasteiger partial charge is 0.384 e. The molecule has 0 aliphatic rings. The normalized spacial score (nSPS) is 10.4. The maximum absolute atomic E-state index is 13.0. The highest BCUT2D eigenvalue weighted by Crippen LogP contribution is 2.24. The second-order valence-corrected chi connectivity index (χ2v) is 5.03. The number of amidine groups is 1. The summed E-state index contributed by atoms with van der Waals surface area (Å²) in [6, 6.07) is 11.1. The molecule has 0 saturated heterocycles. The zero-order valence-electron chi connectivity index (χ0n) is 9.99. The molecule has 19 heavy (non-hydrogen) atoms. The van der Waals surface area contributed by atoms with Crippen LogP contribution in [0.15, 0.2) is 47.4 Å². The zero-order valence-corrected chi connectivity index (χ0v) is 10.8. The van der Waals surface area contributed by atoms with Crippen molar-refractivity contribution in [2.24, 2.45) is 5.73 Å². The lowest BCUT2D eigenvalue weighted by Crippen LogP contribution is -2.10. The molecule has 0 spiro atoms. The van der Waals surface area contributed by atoms with Crippen LogP contribution in [0.5, 0.6) is 0 Å². The van der Waals surface area contributed by atoms with Gasteiger partial charge in [0.15, 0.2) is 11.6 Å². The molecule has 0 aliphatic carbocycles. The van der Waals surface area contributed by atoms with Crippen molar-refractivity contribution in [1.82, 2.24) is 0 Å². The average Bonchev–Trinajstić information content (AvgIpc) is 2.40. The minimum atomic E-state index is -0.845. The molecule has 3 N–H and O–H groups in total. The number of rotatable bonds is 4. The number of nitrogen functional groups attached to an aromatic ring is 1. The van der Waals surface area contributed by atoms with Gasteiger partial charge in [0.05, 0.1) is 0 Å². The number of hydrogen-bond donors (Lipinski definition) is 2. The molecular weight excluding hydrogens is 266 g/mol. The Balaban J connectivity index is 2.07. The quantitative estimate of drug-likeness (QED) is 0.510. The van der Waals surface area contributed by atoms with E-state index in [1.807, 2.05) is 18.2 Å². The molecular formula is C14H12F2N2S. The van der Waals surface area contributed by atoms with Crippen molar-refractivity contribution in [3.63, 3.8) is 0 Å². The lowest BCUT2D eigenvalue weighted by Gasteiger charge is -2.05. The third-order valence-corrected chi connectivity index (χ3v) is 3.60. The van der Waals surface area contributed by atoms with E-state index in [0.29, 0.717) is 16.2 Å². The first kappa shape index (κ1) is 13.5. The molecule has 0 aromatic heterocycles. The molecule has 0 unspecified atom stereocenters. The highest BCUT2D eigenvalue weighted by molar-refractivity contribution is 7.98. The first-order valence-corrected chi connectivity index (χ1v) is 6.56. The molecule has 2 nitrogen and oxygen atoms in total. The molecule has 0 radical (unpaired) electrons. The van der Waals surface area contributed by atoms with Crippen LogP contribution in [0.3, 0.4) is 0 Å². The summed E-state index contributed by atoms with van der Waals surface area (Å²) < 4.78 is 25.8. The summed E-state index contributed by atoms with van der Waals surface area (Å²) in [6.07, 6.45) is 0. The van der Waals surface area contributed by atoms with Gasteiger partial charge in [0.2, 0.25) is 0 Å². The maximum atomic E-state index is 13.0. The van der Waals surface area contributed by atoms with Gasteiger partial charge in [0, 0.05) is 16.2 Å². The summed E-state index contributed by atoms with van der Waals surface area (Å²) in [5.41, 5.74) is 7.04. The third-order valence-electron chi connectivity index (χ3n) is 2.53. The monoisotopic (exact) mass is 278 g/mol. The van der Waals surface area contributed by atoms with E-state index < -0.39 is 11.6 Å². The van der Waals surface area contributed by atoms with Gasteiger partial charge >= 0.3 is 0 Å². The van der Waals surface area contributed by atoms with E-state index in [1.165, 1.54) is 23.9 Å². The highest BCUT2D eigenvalue weighted by Gasteiger charge is 2.04. The summed E-state index contributed by atoms with van der Waals surface area (Å²) in [5, 5.41) is 7.36. The minimum Gasteiger partial charge on any atom is -0.384 e. The number of nitrogens with two attached hydrogens (primary N) is 1. The molecule has 2 aromatic carbocycles. The number of nitrogens with one attached hydrogen (secondary N) is 1. The Labute approximate surface area is 114 Å². The van der Waals surface area contributed by atoms with Crippen molar-refractivity contribution < 1.29 is 8.78 Å². The van der Waals surface area contributed by atoms with Gasteiger partial charge in [-0.3, -0.25) is 5.41 Å². The molecule has 5 heteroatoms. The van der Waals surface area contributed by atoms with Crippen molar-refractivity contribution in [3.05, 3.63) is 65.2 Å². The van der Waals surface area contributed by atoms with Gasteiger partial charge in [-0.1, -0.05) is 18.2 Å². The van der Waals surface area contributed by atoms with Gasteiger partial charge in [-0.25, -0.2) is 8.78 Å². The molecule has 2 aromatic rings. The molecule has 2 rings (SSSR count). The average molecular weight is 278 g/mol. The predicted octanol–water partition coefficient (Wildman–Crippen LogP) is 3.54. The van der Waals surface area contributed by atoms with Gasteiger partial charge in [-0.05, 0) is 29.8 Å². The summed E-state index contributed by atoms with van der Waals surface area (Å²) in [6.45, 7) is 0. The summed E-state index contributed by atoms with van der Waals surface area (Å²) in [4.78, 5) is 0.659. The lowest BCUT2D eigenvalue weighted by atomic mass is 10.1. The number of benzene rings is 2. The number of hydrogen-bond acceptors (Lipinski definition) is 2. The fourth-order valence-electron chi connectivity index (χ4n) is 1.56. The van der Waals surface area contributed by atoms with Crippen LogP contribution in [-0.4, -0.2) is 5.84 Å². The van der Waals surface area contributed by atoms with Crippen molar-refractivity contribution >= 4 is 17.6 Å². The predicted molar refractivity (Wildman–Crippen MR) is 73.4 cm³/mol. The number of halogens is 2. The van der Waals surface area contributed by atoms with Crippen LogP contribution in [0.4, 0.5) is 8.78 Å². The molecule has 0 saturated carbocycles. The Morgan fingerprint density at radius 1 is 1.11 bits per heavy atom. The van der Waals surface area contributed by atoms with Crippen molar-refractivity contribution in [2.75, 3.05) is 0 Å². The first-order chi connectivity index (χ1) is 9.06. The molecule has 0 aliphatic heterocycles. The Bertz CT molecular complexity index is 614. The van der Waals surface area contributed by atoms with E-state index >= 15 is 0 Å². The lowest BCUT2D eigenvalue weighted by molar-refractivity contribution is 0.506. The van der Waals surface area contributed by atoms with E-state index in [-0.39, 0.29) is 5.84 Å². The molecule has 0 amide bonds. The van der Waals surface area contributed by atoms with Crippen LogP contribution in [0.1, 0.15) is 11.1 Å². The Morgan fingerprint density at radius 2 is 1.89 bits per heavy atom. The van der Waals surface area contributed by atoms with Gasteiger partial charge in [-0.15, -0.1) is 11.8 Å². The van der Waals surface area contributed by atoms with Crippen molar-refractivity contribution in [1.29, 1.82) is 5.41 Å². The Kier molecular flexibility index (Phi) is 4.16. The number of thioether (sulfide) groups is 1.